The van der Waals surface area contributed by atoms with Crippen LogP contribution in [0.5, 0.6) is 5.75 Å². The van der Waals surface area contributed by atoms with E-state index in [4.69, 9.17) is 0 Å². The van der Waals surface area contributed by atoms with Gasteiger partial charge in [-0.2, -0.15) is 13.2 Å². The Labute approximate surface area is 213 Å². The molecule has 2 aromatic rings. The summed E-state index contributed by atoms with van der Waals surface area (Å²) in [4.78, 5) is 31.2. The van der Waals surface area contributed by atoms with E-state index in [0.29, 0.717) is 32.0 Å². The summed E-state index contributed by atoms with van der Waals surface area (Å²) in [5, 5.41) is 16.4. The monoisotopic (exact) mass is 520 g/mol. The number of rotatable bonds is 8. The van der Waals surface area contributed by atoms with Crippen molar-refractivity contribution in [2.45, 2.75) is 56.5 Å². The Hall–Kier alpha value is -3.18. The van der Waals surface area contributed by atoms with Crippen LogP contribution in [0.1, 0.15) is 47.3 Å². The van der Waals surface area contributed by atoms with Crippen LogP contribution in [-0.2, 0) is 10.4 Å². The first-order chi connectivity index (χ1) is 17.5. The molecule has 1 aromatic heterocycles. The van der Waals surface area contributed by atoms with Gasteiger partial charge in [0.1, 0.15) is 5.75 Å². The summed E-state index contributed by atoms with van der Waals surface area (Å²) < 4.78 is 41.6. The van der Waals surface area contributed by atoms with Crippen molar-refractivity contribution in [1.82, 2.24) is 20.5 Å². The van der Waals surface area contributed by atoms with Crippen LogP contribution in [0.15, 0.2) is 42.6 Å². The first-order valence-corrected chi connectivity index (χ1v) is 12.3. The average Bonchev–Trinajstić information content (AvgIpc) is 2.84. The lowest BCUT2D eigenvalue weighted by atomic mass is 9.77. The van der Waals surface area contributed by atoms with Gasteiger partial charge in [0.15, 0.2) is 6.61 Å². The first-order valence-electron chi connectivity index (χ1n) is 12.3. The fraction of sp³-hybridized carbons (Fsp3) is 0.500. The molecule has 37 heavy (non-hydrogen) atoms. The van der Waals surface area contributed by atoms with Crippen molar-refractivity contribution in [3.63, 3.8) is 0 Å². The summed E-state index contributed by atoms with van der Waals surface area (Å²) >= 11 is 0. The Morgan fingerprint density at radius 1 is 1.19 bits per heavy atom. The van der Waals surface area contributed by atoms with Gasteiger partial charge in [-0.25, -0.2) is 0 Å². The maximum Gasteiger partial charge on any atom is 0.422 e. The summed E-state index contributed by atoms with van der Waals surface area (Å²) in [5.74, 6) is -1.01. The van der Waals surface area contributed by atoms with Crippen LogP contribution in [0.25, 0.3) is 0 Å². The van der Waals surface area contributed by atoms with Crippen LogP contribution < -0.4 is 15.4 Å². The number of carbonyl (C=O) groups excluding carboxylic acids is 2. The van der Waals surface area contributed by atoms with Crippen molar-refractivity contribution in [1.29, 1.82) is 0 Å². The van der Waals surface area contributed by atoms with Crippen LogP contribution in [0.4, 0.5) is 13.2 Å². The van der Waals surface area contributed by atoms with Gasteiger partial charge < -0.3 is 20.5 Å². The maximum absolute atomic E-state index is 12.3. The van der Waals surface area contributed by atoms with Gasteiger partial charge >= 0.3 is 6.18 Å². The summed E-state index contributed by atoms with van der Waals surface area (Å²) in [6, 6.07) is 9.53. The number of aliphatic hydroxyl groups is 1. The second kappa shape index (κ2) is 11.1. The maximum atomic E-state index is 12.3. The van der Waals surface area contributed by atoms with Gasteiger partial charge in [-0.15, -0.1) is 0 Å². The number of halogens is 3. The zero-order valence-corrected chi connectivity index (χ0v) is 20.6. The van der Waals surface area contributed by atoms with Gasteiger partial charge in [0.25, 0.3) is 5.91 Å². The standard InChI is InChI=1S/C26H31F3N4O4/c1-17-5-6-19(12-30-17)25(36)9-7-21(8-10-25)33-14-20(15-33)32-23(34)13-31-24(35)18-3-2-4-22(11-18)37-16-26(27,28)29/h2-6,11-12,20-21,36H,7-10,13-16H2,1H3,(H,31,35)(H,32,34). The number of alkyl halides is 3. The van der Waals surface area contributed by atoms with E-state index >= 15 is 0 Å². The Morgan fingerprint density at radius 2 is 1.92 bits per heavy atom. The fourth-order valence-corrected chi connectivity index (χ4v) is 4.81. The molecule has 4 rings (SSSR count). The third-order valence-corrected chi connectivity index (χ3v) is 6.93. The van der Waals surface area contributed by atoms with E-state index in [2.05, 4.69) is 25.3 Å². The second-order valence-electron chi connectivity index (χ2n) is 9.78. The Bertz CT molecular complexity index is 1100. The molecule has 2 heterocycles. The van der Waals surface area contributed by atoms with E-state index in [1.165, 1.54) is 24.3 Å². The molecule has 1 saturated heterocycles. The van der Waals surface area contributed by atoms with E-state index in [9.17, 15) is 27.9 Å². The van der Waals surface area contributed by atoms with Crippen LogP contribution in [0.2, 0.25) is 0 Å². The molecule has 0 unspecified atom stereocenters. The molecule has 0 bridgehead atoms. The van der Waals surface area contributed by atoms with Gasteiger partial charge in [-0.3, -0.25) is 19.5 Å². The van der Waals surface area contributed by atoms with E-state index in [1.54, 1.807) is 6.20 Å². The largest absolute Gasteiger partial charge is 0.484 e. The van der Waals surface area contributed by atoms with Crippen molar-refractivity contribution in [3.8, 4) is 5.75 Å². The molecule has 1 aliphatic heterocycles. The predicted molar refractivity (Wildman–Crippen MR) is 129 cm³/mol. The lowest BCUT2D eigenvalue weighted by Gasteiger charge is -2.48. The normalized spacial score (nSPS) is 22.7. The molecular weight excluding hydrogens is 489 g/mol. The second-order valence-corrected chi connectivity index (χ2v) is 9.78. The minimum Gasteiger partial charge on any atom is -0.484 e. The molecule has 11 heteroatoms. The summed E-state index contributed by atoms with van der Waals surface area (Å²) in [6.07, 6.45) is 0.295. The number of likely N-dealkylation sites (tertiary alicyclic amines) is 1. The van der Waals surface area contributed by atoms with Crippen LogP contribution in [-0.4, -0.2) is 71.3 Å². The Morgan fingerprint density at radius 3 is 2.57 bits per heavy atom. The third kappa shape index (κ3) is 7.20. The molecule has 2 aliphatic rings. The molecule has 1 aliphatic carbocycles. The molecule has 1 aromatic carbocycles. The molecule has 2 fully saturated rings. The molecule has 3 N–H and O–H groups in total. The lowest BCUT2D eigenvalue weighted by molar-refractivity contribution is -0.153. The Balaban J connectivity index is 1.16. The van der Waals surface area contributed by atoms with Crippen molar-refractivity contribution >= 4 is 11.8 Å². The number of aromatic nitrogens is 1. The highest BCUT2D eigenvalue weighted by molar-refractivity contribution is 5.96. The molecule has 8 nitrogen and oxygen atoms in total. The van der Waals surface area contributed by atoms with Gasteiger partial charge in [-0.05, 0) is 56.9 Å². The van der Waals surface area contributed by atoms with Crippen molar-refractivity contribution in [2.75, 3.05) is 26.2 Å². The number of pyridine rings is 1. The third-order valence-electron chi connectivity index (χ3n) is 6.93. The number of nitrogens with one attached hydrogen (secondary N) is 2. The smallest absolute Gasteiger partial charge is 0.422 e. The van der Waals surface area contributed by atoms with Gasteiger partial charge in [-0.1, -0.05) is 12.1 Å². The van der Waals surface area contributed by atoms with Crippen LogP contribution in [0, 0.1) is 6.92 Å². The number of carbonyl (C=O) groups is 2. The molecule has 200 valence electrons. The first kappa shape index (κ1) is 26.9. The van der Waals surface area contributed by atoms with Gasteiger partial charge in [0, 0.05) is 42.1 Å². The van der Waals surface area contributed by atoms with E-state index in [0.717, 1.165) is 24.1 Å². The van der Waals surface area contributed by atoms with Crippen molar-refractivity contribution in [3.05, 3.63) is 59.4 Å². The highest BCUT2D eigenvalue weighted by Crippen LogP contribution is 2.39. The molecule has 1 saturated carbocycles. The molecule has 2 amide bonds. The number of ether oxygens (including phenoxy) is 1. The van der Waals surface area contributed by atoms with Gasteiger partial charge in [0.05, 0.1) is 18.2 Å². The minimum atomic E-state index is -4.48. The lowest BCUT2D eigenvalue weighted by Crippen LogP contribution is -2.63. The SMILES string of the molecule is Cc1ccc(C2(O)CCC(N3CC(NC(=O)CNC(=O)c4cccc(OCC(F)(F)F)c4)C3)CC2)cn1. The summed E-state index contributed by atoms with van der Waals surface area (Å²) in [5.41, 5.74) is 1.02. The minimum absolute atomic E-state index is 0.0226. The predicted octanol–water partition coefficient (Wildman–Crippen LogP) is 2.69. The van der Waals surface area contributed by atoms with E-state index in [-0.39, 0.29) is 29.8 Å². The molecule has 0 radical (unpaired) electrons. The van der Waals surface area contributed by atoms with Crippen molar-refractivity contribution in [2.24, 2.45) is 0 Å². The Kier molecular flexibility index (Phi) is 8.03. The molecule has 0 atom stereocenters. The number of nitrogens with zero attached hydrogens (tertiary/aromatic N) is 2. The van der Waals surface area contributed by atoms with Crippen LogP contribution in [0.3, 0.4) is 0 Å². The number of aryl methyl sites for hydroxylation is 1. The quantitative estimate of drug-likeness (QED) is 0.495. The summed E-state index contributed by atoms with van der Waals surface area (Å²) in [6.45, 7) is 1.62. The van der Waals surface area contributed by atoms with Crippen molar-refractivity contribution < 1.29 is 32.6 Å². The average molecular weight is 521 g/mol. The van der Waals surface area contributed by atoms with E-state index < -0.39 is 24.3 Å². The number of hydrogen-bond acceptors (Lipinski definition) is 6. The summed E-state index contributed by atoms with van der Waals surface area (Å²) in [7, 11) is 0. The number of hydrogen-bond donors (Lipinski definition) is 3. The highest BCUT2D eigenvalue weighted by atomic mass is 19.4. The zero-order valence-electron chi connectivity index (χ0n) is 20.6. The zero-order chi connectivity index (χ0) is 26.6. The van der Waals surface area contributed by atoms with E-state index in [1.807, 2.05) is 19.1 Å². The van der Waals surface area contributed by atoms with Gasteiger partial charge in [0.2, 0.25) is 5.91 Å². The fourth-order valence-electron chi connectivity index (χ4n) is 4.81. The highest BCUT2D eigenvalue weighted by Gasteiger charge is 2.40. The molecule has 0 spiro atoms. The molecular formula is C26H31F3N4O4. The topological polar surface area (TPSA) is 104 Å². The van der Waals surface area contributed by atoms with Crippen LogP contribution >= 0.6 is 0 Å². The number of benzene rings is 1. The number of amides is 2.